The number of hydrogen-bond acceptors (Lipinski definition) is 4. The van der Waals surface area contributed by atoms with Gasteiger partial charge in [-0.2, -0.15) is 0 Å². The van der Waals surface area contributed by atoms with Gasteiger partial charge in [0, 0.05) is 28.4 Å². The highest BCUT2D eigenvalue weighted by Crippen LogP contribution is 2.26. The summed E-state index contributed by atoms with van der Waals surface area (Å²) in [6.07, 6.45) is 0.0337. The number of carbonyl (C=O) groups is 1. The van der Waals surface area contributed by atoms with Gasteiger partial charge in [0.15, 0.2) is 5.16 Å². The number of halogens is 2. The molecule has 1 heterocycles. The first kappa shape index (κ1) is 20.5. The fourth-order valence-electron chi connectivity index (χ4n) is 2.45. The van der Waals surface area contributed by atoms with E-state index in [4.69, 9.17) is 23.2 Å². The molecule has 0 spiro atoms. The zero-order valence-corrected chi connectivity index (χ0v) is 17.1. The van der Waals surface area contributed by atoms with Gasteiger partial charge in [-0.15, -0.1) is 0 Å². The zero-order chi connectivity index (χ0) is 19.9. The van der Waals surface area contributed by atoms with Gasteiger partial charge in [-0.25, -0.2) is 4.98 Å². The number of H-pyrrole nitrogens is 1. The zero-order valence-electron chi connectivity index (χ0n) is 14.7. The van der Waals surface area contributed by atoms with Crippen molar-refractivity contribution in [2.75, 3.05) is 0 Å². The normalized spacial score (nSPS) is 10.6. The van der Waals surface area contributed by atoms with Crippen molar-refractivity contribution in [3.05, 3.63) is 91.8 Å². The Bertz CT molecular complexity index is 1030. The number of hydrogen-bond donors (Lipinski definition) is 2. The Morgan fingerprint density at radius 2 is 1.89 bits per heavy atom. The van der Waals surface area contributed by atoms with E-state index in [-0.39, 0.29) is 17.9 Å². The number of rotatable bonds is 7. The first-order valence-electron chi connectivity index (χ1n) is 8.47. The molecule has 2 N–H and O–H groups in total. The second kappa shape index (κ2) is 9.78. The Labute approximate surface area is 176 Å². The molecule has 8 heteroatoms. The molecule has 0 aliphatic rings. The predicted molar refractivity (Wildman–Crippen MR) is 113 cm³/mol. The number of aromatic amines is 1. The Kier molecular flexibility index (Phi) is 7.14. The molecular weight excluding hydrogens is 417 g/mol. The van der Waals surface area contributed by atoms with Crippen LogP contribution in [0.3, 0.4) is 0 Å². The molecule has 0 aliphatic heterocycles. The van der Waals surface area contributed by atoms with E-state index in [0.29, 0.717) is 33.2 Å². The van der Waals surface area contributed by atoms with Gasteiger partial charge in [0.05, 0.1) is 12.1 Å². The van der Waals surface area contributed by atoms with Crippen LogP contribution in [0, 0.1) is 0 Å². The molecule has 0 aliphatic carbocycles. The van der Waals surface area contributed by atoms with Crippen LogP contribution in [0.15, 0.2) is 64.5 Å². The van der Waals surface area contributed by atoms with E-state index >= 15 is 0 Å². The average Bonchev–Trinajstić information content (AvgIpc) is 2.66. The highest BCUT2D eigenvalue weighted by Gasteiger charge is 2.09. The van der Waals surface area contributed by atoms with E-state index < -0.39 is 0 Å². The summed E-state index contributed by atoms with van der Waals surface area (Å²) in [5, 5.41) is 4.38. The minimum absolute atomic E-state index is 0.0337. The van der Waals surface area contributed by atoms with Crippen LogP contribution in [0.25, 0.3) is 0 Å². The van der Waals surface area contributed by atoms with Crippen LogP contribution in [0.5, 0.6) is 0 Å². The number of amides is 1. The quantitative estimate of drug-likeness (QED) is 0.431. The molecule has 1 amide bonds. The van der Waals surface area contributed by atoms with Gasteiger partial charge >= 0.3 is 0 Å². The van der Waals surface area contributed by atoms with Gasteiger partial charge in [-0.05, 0) is 23.3 Å². The van der Waals surface area contributed by atoms with Crippen LogP contribution < -0.4 is 10.9 Å². The third-order valence-electron chi connectivity index (χ3n) is 3.83. The molecule has 0 atom stereocenters. The minimum atomic E-state index is -0.300. The van der Waals surface area contributed by atoms with E-state index in [0.717, 1.165) is 11.1 Å². The van der Waals surface area contributed by atoms with E-state index in [9.17, 15) is 9.59 Å². The highest BCUT2D eigenvalue weighted by atomic mass is 35.5. The maximum Gasteiger partial charge on any atom is 0.251 e. The van der Waals surface area contributed by atoms with Crippen LogP contribution in [0.1, 0.15) is 16.8 Å². The lowest BCUT2D eigenvalue weighted by Gasteiger charge is -2.07. The Balaban J connectivity index is 1.60. The number of nitrogens with one attached hydrogen (secondary N) is 2. The highest BCUT2D eigenvalue weighted by molar-refractivity contribution is 7.98. The smallest absolute Gasteiger partial charge is 0.251 e. The van der Waals surface area contributed by atoms with Crippen molar-refractivity contribution in [2.24, 2.45) is 0 Å². The SMILES string of the molecule is O=C(Cc1cc(=O)[nH]c(SCc2ccc(Cl)cc2Cl)n1)NCc1ccccc1. The molecule has 28 heavy (non-hydrogen) atoms. The standard InChI is InChI=1S/C20H17Cl2N3O2S/c21-15-7-6-14(17(22)8-15)12-28-20-24-16(10-19(27)25-20)9-18(26)23-11-13-4-2-1-3-5-13/h1-8,10H,9,11-12H2,(H,23,26)(H,24,25,27). The maximum absolute atomic E-state index is 12.2. The van der Waals surface area contributed by atoms with Gasteiger partial charge in [0.25, 0.3) is 5.56 Å². The van der Waals surface area contributed by atoms with Crippen LogP contribution in [-0.4, -0.2) is 15.9 Å². The van der Waals surface area contributed by atoms with Crippen LogP contribution in [0.2, 0.25) is 10.0 Å². The van der Waals surface area contributed by atoms with Crippen molar-refractivity contribution in [1.82, 2.24) is 15.3 Å². The molecule has 0 unspecified atom stereocenters. The number of nitrogens with zero attached hydrogens (tertiary/aromatic N) is 1. The van der Waals surface area contributed by atoms with Gasteiger partial charge in [-0.1, -0.05) is 71.4 Å². The lowest BCUT2D eigenvalue weighted by Crippen LogP contribution is -2.25. The third-order valence-corrected chi connectivity index (χ3v) is 5.34. The van der Waals surface area contributed by atoms with Gasteiger partial charge in [-0.3, -0.25) is 9.59 Å². The lowest BCUT2D eigenvalue weighted by molar-refractivity contribution is -0.120. The molecule has 1 aromatic heterocycles. The first-order valence-corrected chi connectivity index (χ1v) is 10.2. The Morgan fingerprint density at radius 1 is 1.11 bits per heavy atom. The van der Waals surface area contributed by atoms with Crippen LogP contribution >= 0.6 is 35.0 Å². The van der Waals surface area contributed by atoms with E-state index in [1.54, 1.807) is 12.1 Å². The first-order chi connectivity index (χ1) is 13.5. The molecule has 0 radical (unpaired) electrons. The summed E-state index contributed by atoms with van der Waals surface area (Å²) in [7, 11) is 0. The second-order valence-electron chi connectivity index (χ2n) is 6.01. The van der Waals surface area contributed by atoms with E-state index in [1.807, 2.05) is 36.4 Å². The van der Waals surface area contributed by atoms with Crippen molar-refractivity contribution in [1.29, 1.82) is 0 Å². The molecule has 144 valence electrons. The van der Waals surface area contributed by atoms with E-state index in [2.05, 4.69) is 15.3 Å². The minimum Gasteiger partial charge on any atom is -0.352 e. The van der Waals surface area contributed by atoms with Crippen LogP contribution in [0.4, 0.5) is 0 Å². The van der Waals surface area contributed by atoms with Crippen molar-refractivity contribution >= 4 is 40.9 Å². The summed E-state index contributed by atoms with van der Waals surface area (Å²) in [5.41, 5.74) is 2.00. The average molecular weight is 434 g/mol. The van der Waals surface area contributed by atoms with Gasteiger partial charge in [0.1, 0.15) is 0 Å². The maximum atomic E-state index is 12.2. The molecule has 3 rings (SSSR count). The summed E-state index contributed by atoms with van der Waals surface area (Å²) in [6, 6.07) is 16.2. The van der Waals surface area contributed by atoms with Crippen molar-refractivity contribution in [2.45, 2.75) is 23.9 Å². The summed E-state index contributed by atoms with van der Waals surface area (Å²) in [5.74, 6) is 0.321. The van der Waals surface area contributed by atoms with Crippen LogP contribution in [-0.2, 0) is 23.5 Å². The number of benzene rings is 2. The van der Waals surface area contributed by atoms with Gasteiger partial charge < -0.3 is 10.3 Å². The predicted octanol–water partition coefficient (Wildman–Crippen LogP) is 4.23. The molecule has 0 saturated heterocycles. The Morgan fingerprint density at radius 3 is 2.64 bits per heavy atom. The largest absolute Gasteiger partial charge is 0.352 e. The van der Waals surface area contributed by atoms with Crippen molar-refractivity contribution < 1.29 is 4.79 Å². The fraction of sp³-hybridized carbons (Fsp3) is 0.150. The number of thioether (sulfide) groups is 1. The van der Waals surface area contributed by atoms with E-state index in [1.165, 1.54) is 17.8 Å². The summed E-state index contributed by atoms with van der Waals surface area (Å²) >= 11 is 13.4. The van der Waals surface area contributed by atoms with Crippen molar-refractivity contribution in [3.63, 3.8) is 0 Å². The molecule has 2 aromatic carbocycles. The Hall–Kier alpha value is -2.28. The van der Waals surface area contributed by atoms with Gasteiger partial charge in [0.2, 0.25) is 5.91 Å². The monoisotopic (exact) mass is 433 g/mol. The topological polar surface area (TPSA) is 74.8 Å². The molecule has 0 fully saturated rings. The lowest BCUT2D eigenvalue weighted by atomic mass is 10.2. The summed E-state index contributed by atoms with van der Waals surface area (Å²) in [6.45, 7) is 0.430. The molecule has 5 nitrogen and oxygen atoms in total. The summed E-state index contributed by atoms with van der Waals surface area (Å²) in [4.78, 5) is 31.1. The molecule has 0 bridgehead atoms. The summed E-state index contributed by atoms with van der Waals surface area (Å²) < 4.78 is 0. The molecule has 3 aromatic rings. The molecular formula is C20H17Cl2N3O2S. The number of aromatic nitrogens is 2. The second-order valence-corrected chi connectivity index (χ2v) is 7.81. The fourth-order valence-corrected chi connectivity index (χ4v) is 3.90. The number of carbonyl (C=O) groups excluding carboxylic acids is 1. The third kappa shape index (κ3) is 6.12. The van der Waals surface area contributed by atoms with Crippen molar-refractivity contribution in [3.8, 4) is 0 Å². The molecule has 0 saturated carbocycles.